The quantitative estimate of drug-likeness (QED) is 0.794. The smallest absolute Gasteiger partial charge is 0.251 e. The van der Waals surface area contributed by atoms with Crippen LogP contribution in [0.15, 0.2) is 35.1 Å². The van der Waals surface area contributed by atoms with Crippen LogP contribution in [0.2, 0.25) is 0 Å². The predicted octanol–water partition coefficient (Wildman–Crippen LogP) is 1.85. The molecular weight excluding hydrogens is 316 g/mol. The van der Waals surface area contributed by atoms with Crippen molar-refractivity contribution in [2.45, 2.75) is 31.7 Å². The van der Waals surface area contributed by atoms with E-state index in [9.17, 15) is 9.59 Å². The van der Waals surface area contributed by atoms with Crippen molar-refractivity contribution < 1.29 is 4.79 Å². The van der Waals surface area contributed by atoms with E-state index in [4.69, 9.17) is 5.73 Å². The van der Waals surface area contributed by atoms with Crippen molar-refractivity contribution in [3.8, 4) is 11.4 Å². The number of hydrogen-bond acceptors (Lipinski definition) is 4. The summed E-state index contributed by atoms with van der Waals surface area (Å²) in [5.41, 5.74) is 7.08. The number of anilines is 1. The van der Waals surface area contributed by atoms with E-state index in [1.807, 2.05) is 13.0 Å². The lowest BCUT2D eigenvalue weighted by atomic mass is 10.1. The molecule has 1 amide bonds. The summed E-state index contributed by atoms with van der Waals surface area (Å²) in [5.74, 6) is 0.322. The molecule has 1 saturated carbocycles. The first-order valence-electron chi connectivity index (χ1n) is 7.31. The van der Waals surface area contributed by atoms with Crippen molar-refractivity contribution in [3.63, 3.8) is 0 Å². The highest BCUT2D eigenvalue weighted by Gasteiger charge is 2.45. The van der Waals surface area contributed by atoms with Crippen molar-refractivity contribution in [2.75, 3.05) is 5.32 Å². The van der Waals surface area contributed by atoms with E-state index in [-0.39, 0.29) is 23.9 Å². The third-order valence-corrected chi connectivity index (χ3v) is 3.79. The summed E-state index contributed by atoms with van der Waals surface area (Å²) in [4.78, 5) is 30.8. The van der Waals surface area contributed by atoms with E-state index in [0.717, 1.165) is 11.3 Å². The minimum atomic E-state index is -0.718. The fourth-order valence-corrected chi connectivity index (χ4v) is 2.19. The third-order valence-electron chi connectivity index (χ3n) is 3.79. The van der Waals surface area contributed by atoms with Gasteiger partial charge in [-0.15, -0.1) is 12.4 Å². The highest BCUT2D eigenvalue weighted by molar-refractivity contribution is 6.00. The number of halogens is 1. The second-order valence-electron chi connectivity index (χ2n) is 5.63. The van der Waals surface area contributed by atoms with Gasteiger partial charge in [0.2, 0.25) is 5.91 Å². The van der Waals surface area contributed by atoms with Gasteiger partial charge in [0.05, 0.1) is 5.54 Å². The van der Waals surface area contributed by atoms with Gasteiger partial charge in [0, 0.05) is 23.0 Å². The van der Waals surface area contributed by atoms with Crippen LogP contribution in [0.1, 0.15) is 25.5 Å². The van der Waals surface area contributed by atoms with Gasteiger partial charge in [-0.3, -0.25) is 9.59 Å². The highest BCUT2D eigenvalue weighted by Crippen LogP contribution is 2.33. The number of carbonyl (C=O) groups excluding carboxylic acids is 1. The number of aryl methyl sites for hydroxylation is 1. The van der Waals surface area contributed by atoms with Gasteiger partial charge in [-0.2, -0.15) is 0 Å². The number of carbonyl (C=O) groups is 1. The van der Waals surface area contributed by atoms with Crippen molar-refractivity contribution >= 4 is 24.0 Å². The molecule has 122 valence electrons. The zero-order valence-electron chi connectivity index (χ0n) is 12.8. The Morgan fingerprint density at radius 2 is 2.13 bits per heavy atom. The van der Waals surface area contributed by atoms with E-state index in [2.05, 4.69) is 15.3 Å². The average molecular weight is 335 g/mol. The molecule has 0 atom stereocenters. The first-order valence-corrected chi connectivity index (χ1v) is 7.31. The molecule has 0 spiro atoms. The van der Waals surface area contributed by atoms with Crippen LogP contribution in [0.25, 0.3) is 11.4 Å². The lowest BCUT2D eigenvalue weighted by Crippen LogP contribution is -2.37. The second-order valence-corrected chi connectivity index (χ2v) is 5.63. The molecule has 1 aliphatic rings. The number of aromatic amines is 1. The maximum Gasteiger partial charge on any atom is 0.251 e. The molecule has 0 radical (unpaired) electrons. The van der Waals surface area contributed by atoms with Gasteiger partial charge in [-0.1, -0.05) is 19.1 Å². The van der Waals surface area contributed by atoms with Crippen LogP contribution in [-0.4, -0.2) is 21.4 Å². The van der Waals surface area contributed by atoms with Gasteiger partial charge >= 0.3 is 0 Å². The standard InChI is InChI=1S/C16H18N4O2.ClH/c1-2-11-9-13(21)20-14(18-11)10-4-3-5-12(8-10)19-15(22)16(17)6-7-16;/h3-5,8-9H,2,6-7,17H2,1H3,(H,19,22)(H,18,20,21);1H. The van der Waals surface area contributed by atoms with E-state index >= 15 is 0 Å². The molecule has 1 aliphatic carbocycles. The van der Waals surface area contributed by atoms with Crippen LogP contribution < -0.4 is 16.6 Å². The topological polar surface area (TPSA) is 101 Å². The molecule has 1 aromatic heterocycles. The molecule has 0 aliphatic heterocycles. The minimum Gasteiger partial charge on any atom is -0.324 e. The highest BCUT2D eigenvalue weighted by atomic mass is 35.5. The molecule has 6 nitrogen and oxygen atoms in total. The van der Waals surface area contributed by atoms with Gasteiger partial charge in [-0.05, 0) is 31.4 Å². The molecule has 1 aromatic carbocycles. The Labute approximate surface area is 139 Å². The van der Waals surface area contributed by atoms with Gasteiger partial charge in [0.1, 0.15) is 5.82 Å². The molecule has 0 saturated heterocycles. The number of benzene rings is 1. The first kappa shape index (κ1) is 17.2. The number of H-pyrrole nitrogens is 1. The number of amides is 1. The summed E-state index contributed by atoms with van der Waals surface area (Å²) in [6, 6.07) is 8.69. The van der Waals surface area contributed by atoms with Crippen molar-refractivity contribution in [2.24, 2.45) is 5.73 Å². The second kappa shape index (κ2) is 6.52. The van der Waals surface area contributed by atoms with E-state index < -0.39 is 5.54 Å². The van der Waals surface area contributed by atoms with Crippen LogP contribution in [-0.2, 0) is 11.2 Å². The van der Waals surface area contributed by atoms with Gasteiger partial charge < -0.3 is 16.0 Å². The number of aromatic nitrogens is 2. The largest absolute Gasteiger partial charge is 0.324 e. The summed E-state index contributed by atoms with van der Waals surface area (Å²) < 4.78 is 0. The van der Waals surface area contributed by atoms with Crippen LogP contribution in [0.4, 0.5) is 5.69 Å². The molecule has 3 rings (SSSR count). The zero-order valence-corrected chi connectivity index (χ0v) is 13.6. The molecule has 7 heteroatoms. The molecule has 2 aromatic rings. The van der Waals surface area contributed by atoms with Crippen molar-refractivity contribution in [1.82, 2.24) is 9.97 Å². The number of nitrogens with two attached hydrogens (primary N) is 1. The Kier molecular flexibility index (Phi) is 4.87. The summed E-state index contributed by atoms with van der Waals surface area (Å²) in [6.45, 7) is 1.94. The summed E-state index contributed by atoms with van der Waals surface area (Å²) in [7, 11) is 0. The molecule has 1 fully saturated rings. The Hall–Kier alpha value is -2.18. The molecule has 23 heavy (non-hydrogen) atoms. The van der Waals surface area contributed by atoms with Gasteiger partial charge in [-0.25, -0.2) is 4.98 Å². The Morgan fingerprint density at radius 3 is 2.78 bits per heavy atom. The van der Waals surface area contributed by atoms with Crippen molar-refractivity contribution in [3.05, 3.63) is 46.4 Å². The van der Waals surface area contributed by atoms with Crippen molar-refractivity contribution in [1.29, 1.82) is 0 Å². The SMILES string of the molecule is CCc1cc(=O)[nH]c(-c2cccc(NC(=O)C3(N)CC3)c2)n1.Cl. The van der Waals surface area contributed by atoms with Gasteiger partial charge in [0.25, 0.3) is 5.56 Å². The molecule has 0 bridgehead atoms. The lowest BCUT2D eigenvalue weighted by Gasteiger charge is -2.11. The summed E-state index contributed by atoms with van der Waals surface area (Å²) in [5, 5.41) is 2.81. The fourth-order valence-electron chi connectivity index (χ4n) is 2.19. The number of nitrogens with one attached hydrogen (secondary N) is 2. The Morgan fingerprint density at radius 1 is 1.39 bits per heavy atom. The van der Waals surface area contributed by atoms with E-state index in [1.165, 1.54) is 6.07 Å². The van der Waals surface area contributed by atoms with Crippen LogP contribution in [0, 0.1) is 0 Å². The maximum absolute atomic E-state index is 12.0. The third kappa shape index (κ3) is 3.78. The monoisotopic (exact) mass is 334 g/mol. The minimum absolute atomic E-state index is 0. The summed E-state index contributed by atoms with van der Waals surface area (Å²) in [6.07, 6.45) is 2.11. The number of rotatable bonds is 4. The Balaban J connectivity index is 0.00000192. The number of nitrogens with zero attached hydrogens (tertiary/aromatic N) is 1. The molecule has 0 unspecified atom stereocenters. The predicted molar refractivity (Wildman–Crippen MR) is 91.7 cm³/mol. The van der Waals surface area contributed by atoms with Crippen LogP contribution in [0.5, 0.6) is 0 Å². The average Bonchev–Trinajstić information content (AvgIpc) is 3.26. The zero-order chi connectivity index (χ0) is 15.7. The molecule has 1 heterocycles. The van der Waals surface area contributed by atoms with E-state index in [1.54, 1.807) is 18.2 Å². The fraction of sp³-hybridized carbons (Fsp3) is 0.312. The number of hydrogen-bond donors (Lipinski definition) is 3. The lowest BCUT2D eigenvalue weighted by molar-refractivity contribution is -0.118. The summed E-state index contributed by atoms with van der Waals surface area (Å²) >= 11 is 0. The van der Waals surface area contributed by atoms with Crippen LogP contribution >= 0.6 is 12.4 Å². The Bertz CT molecular complexity index is 784. The molecule has 4 N–H and O–H groups in total. The first-order chi connectivity index (χ1) is 10.5. The van der Waals surface area contributed by atoms with Crippen LogP contribution in [0.3, 0.4) is 0 Å². The van der Waals surface area contributed by atoms with Gasteiger partial charge in [0.15, 0.2) is 0 Å². The molecular formula is C16H19ClN4O2. The maximum atomic E-state index is 12.0. The van der Waals surface area contributed by atoms with E-state index in [0.29, 0.717) is 30.8 Å². The normalized spacial score (nSPS) is 14.7.